The smallest absolute Gasteiger partial charge is 0.398 e. The van der Waals surface area contributed by atoms with Crippen molar-refractivity contribution >= 4 is 23.1 Å². The Labute approximate surface area is 227 Å². The minimum atomic E-state index is -4.48. The first-order chi connectivity index (χ1) is 19.1. The molecule has 40 heavy (non-hydrogen) atoms. The van der Waals surface area contributed by atoms with Crippen molar-refractivity contribution in [2.75, 3.05) is 11.1 Å². The number of carbonyl (C=O) groups excluding carboxylic acids is 1. The van der Waals surface area contributed by atoms with Gasteiger partial charge >= 0.3 is 6.18 Å². The summed E-state index contributed by atoms with van der Waals surface area (Å²) < 4.78 is 42.1. The maximum Gasteiger partial charge on any atom is 0.416 e. The van der Waals surface area contributed by atoms with Crippen LogP contribution < -0.4 is 16.6 Å². The van der Waals surface area contributed by atoms with Crippen molar-refractivity contribution in [3.05, 3.63) is 106 Å². The van der Waals surface area contributed by atoms with Gasteiger partial charge in [-0.15, -0.1) is 0 Å². The molecule has 5 aromatic rings. The van der Waals surface area contributed by atoms with Crippen molar-refractivity contribution in [1.29, 1.82) is 0 Å². The molecule has 204 valence electrons. The van der Waals surface area contributed by atoms with Crippen LogP contribution in [0.2, 0.25) is 0 Å². The molecule has 2 aromatic heterocycles. The first-order valence-electron chi connectivity index (χ1n) is 12.6. The summed E-state index contributed by atoms with van der Waals surface area (Å²) >= 11 is 0. The number of hydrogen-bond acceptors (Lipinski definition) is 4. The van der Waals surface area contributed by atoms with Crippen LogP contribution in [0.15, 0.2) is 83.7 Å². The van der Waals surface area contributed by atoms with Gasteiger partial charge in [-0.1, -0.05) is 55.5 Å². The molecule has 5 rings (SSSR count). The van der Waals surface area contributed by atoms with E-state index in [4.69, 9.17) is 10.7 Å². The summed E-state index contributed by atoms with van der Waals surface area (Å²) in [6.07, 6.45) is -4.10. The molecule has 0 unspecified atom stereocenters. The topological polar surface area (TPSA) is 94.4 Å². The van der Waals surface area contributed by atoms with Crippen molar-refractivity contribution in [2.45, 2.75) is 33.0 Å². The zero-order valence-corrected chi connectivity index (χ0v) is 21.8. The van der Waals surface area contributed by atoms with E-state index in [-0.39, 0.29) is 23.6 Å². The largest absolute Gasteiger partial charge is 0.416 e. The standard InChI is InChI=1S/C30H26F3N5O2/c1-3-24-26(22-11-7-8-12-23(22)34)28(40)38-27(19-9-5-4-6-10-19)18(2)35-29(38)37(24)17-25(39)36-21-15-13-20(14-16-21)30(31,32)33/h4-16H,3,17,34H2,1-2H3,(H,36,39). The van der Waals surface area contributed by atoms with Gasteiger partial charge in [-0.25, -0.2) is 9.38 Å². The van der Waals surface area contributed by atoms with Crippen LogP contribution in [0.3, 0.4) is 0 Å². The fraction of sp³-hybridized carbons (Fsp3) is 0.167. The molecule has 2 heterocycles. The summed E-state index contributed by atoms with van der Waals surface area (Å²) in [7, 11) is 0. The average molecular weight is 546 g/mol. The molecule has 0 fully saturated rings. The Morgan fingerprint density at radius 2 is 1.62 bits per heavy atom. The van der Waals surface area contributed by atoms with Crippen LogP contribution in [0.4, 0.5) is 24.5 Å². The number of nitrogen functional groups attached to an aromatic ring is 1. The Morgan fingerprint density at radius 1 is 0.975 bits per heavy atom. The lowest BCUT2D eigenvalue weighted by molar-refractivity contribution is -0.137. The van der Waals surface area contributed by atoms with Crippen LogP contribution >= 0.6 is 0 Å². The van der Waals surface area contributed by atoms with Crippen molar-refractivity contribution in [3.63, 3.8) is 0 Å². The van der Waals surface area contributed by atoms with Crippen LogP contribution in [-0.2, 0) is 23.9 Å². The van der Waals surface area contributed by atoms with Crippen LogP contribution in [0.5, 0.6) is 0 Å². The lowest BCUT2D eigenvalue weighted by Crippen LogP contribution is -2.28. The third-order valence-corrected chi connectivity index (χ3v) is 6.72. The van der Waals surface area contributed by atoms with Gasteiger partial charge in [-0.05, 0) is 43.7 Å². The average Bonchev–Trinajstić information content (AvgIpc) is 3.28. The Bertz CT molecular complexity index is 1770. The summed E-state index contributed by atoms with van der Waals surface area (Å²) in [5.41, 5.74) is 9.22. The van der Waals surface area contributed by atoms with Gasteiger partial charge in [0, 0.05) is 28.2 Å². The minimum absolute atomic E-state index is 0.213. The molecular formula is C30H26F3N5O2. The number of aromatic nitrogens is 3. The van der Waals surface area contributed by atoms with Crippen LogP contribution in [0.25, 0.3) is 28.2 Å². The Morgan fingerprint density at radius 3 is 2.25 bits per heavy atom. The highest BCUT2D eigenvalue weighted by molar-refractivity contribution is 5.91. The fourth-order valence-corrected chi connectivity index (χ4v) is 4.93. The van der Waals surface area contributed by atoms with E-state index in [0.29, 0.717) is 40.3 Å². The van der Waals surface area contributed by atoms with Gasteiger partial charge in [0.2, 0.25) is 11.7 Å². The highest BCUT2D eigenvalue weighted by Gasteiger charge is 2.30. The number of nitrogens with two attached hydrogens (primary N) is 1. The number of nitrogens with zero attached hydrogens (tertiary/aromatic N) is 3. The van der Waals surface area contributed by atoms with Gasteiger partial charge in [0.15, 0.2) is 0 Å². The summed E-state index contributed by atoms with van der Waals surface area (Å²) in [4.78, 5) is 32.1. The van der Waals surface area contributed by atoms with Crippen LogP contribution in [0.1, 0.15) is 23.9 Å². The Kier molecular flexibility index (Phi) is 6.93. The number of halogens is 3. The number of imidazole rings is 1. The van der Waals surface area contributed by atoms with E-state index in [1.54, 1.807) is 35.8 Å². The van der Waals surface area contributed by atoms with Gasteiger partial charge in [0.1, 0.15) is 6.54 Å². The summed E-state index contributed by atoms with van der Waals surface area (Å²) in [6.45, 7) is 3.42. The number of aryl methyl sites for hydroxylation is 1. The molecule has 0 bridgehead atoms. The van der Waals surface area contributed by atoms with E-state index in [0.717, 1.165) is 17.7 Å². The van der Waals surface area contributed by atoms with Crippen LogP contribution in [-0.4, -0.2) is 19.9 Å². The second kappa shape index (κ2) is 10.4. The predicted octanol–water partition coefficient (Wildman–Crippen LogP) is 5.94. The minimum Gasteiger partial charge on any atom is -0.398 e. The molecule has 0 aliphatic heterocycles. The zero-order chi connectivity index (χ0) is 28.6. The first-order valence-corrected chi connectivity index (χ1v) is 12.6. The molecule has 1 amide bonds. The van der Waals surface area contributed by atoms with Gasteiger partial charge in [0.25, 0.3) is 5.56 Å². The highest BCUT2D eigenvalue weighted by atomic mass is 19.4. The number of anilines is 2. The molecular weight excluding hydrogens is 519 g/mol. The molecule has 0 aliphatic rings. The van der Waals surface area contributed by atoms with E-state index >= 15 is 0 Å². The first kappa shape index (κ1) is 26.7. The van der Waals surface area contributed by atoms with Crippen molar-refractivity contribution in [3.8, 4) is 22.4 Å². The highest BCUT2D eigenvalue weighted by Crippen LogP contribution is 2.32. The number of hydrogen-bond donors (Lipinski definition) is 2. The SMILES string of the molecule is CCc1c(-c2ccccc2N)c(=O)n2c(-c3ccccc3)c(C)nc2n1CC(=O)Nc1ccc(C(F)(F)F)cc1. The Balaban J connectivity index is 1.69. The zero-order valence-electron chi connectivity index (χ0n) is 21.8. The molecule has 0 radical (unpaired) electrons. The number of nitrogens with one attached hydrogen (secondary N) is 1. The molecule has 3 N–H and O–H groups in total. The number of fused-ring (bicyclic) bond motifs is 1. The molecule has 0 saturated carbocycles. The predicted molar refractivity (Wildman–Crippen MR) is 149 cm³/mol. The summed E-state index contributed by atoms with van der Waals surface area (Å²) in [5, 5.41) is 2.66. The number of benzene rings is 3. The summed E-state index contributed by atoms with van der Waals surface area (Å²) in [6, 6.07) is 20.6. The quantitative estimate of drug-likeness (QED) is 0.258. The monoisotopic (exact) mass is 545 g/mol. The lowest BCUT2D eigenvalue weighted by Gasteiger charge is -2.19. The van der Waals surface area contributed by atoms with E-state index in [1.165, 1.54) is 16.5 Å². The maximum absolute atomic E-state index is 14.2. The summed E-state index contributed by atoms with van der Waals surface area (Å²) in [5.74, 6) is -0.215. The Hall–Kier alpha value is -4.86. The van der Waals surface area contributed by atoms with E-state index in [1.807, 2.05) is 37.3 Å². The number of para-hydroxylation sites is 1. The van der Waals surface area contributed by atoms with Gasteiger partial charge in [0.05, 0.1) is 22.5 Å². The second-order valence-electron chi connectivity index (χ2n) is 9.32. The van der Waals surface area contributed by atoms with Gasteiger partial charge < -0.3 is 15.6 Å². The van der Waals surface area contributed by atoms with Crippen LogP contribution in [0, 0.1) is 6.92 Å². The number of amides is 1. The van der Waals surface area contributed by atoms with Gasteiger partial charge in [-0.2, -0.15) is 13.2 Å². The third kappa shape index (κ3) is 4.84. The van der Waals surface area contributed by atoms with E-state index < -0.39 is 17.6 Å². The van der Waals surface area contributed by atoms with Crippen molar-refractivity contribution in [1.82, 2.24) is 14.0 Å². The van der Waals surface area contributed by atoms with Crippen molar-refractivity contribution in [2.24, 2.45) is 0 Å². The number of carbonyl (C=O) groups is 1. The number of alkyl halides is 3. The van der Waals surface area contributed by atoms with Crippen molar-refractivity contribution < 1.29 is 18.0 Å². The third-order valence-electron chi connectivity index (χ3n) is 6.72. The van der Waals surface area contributed by atoms with E-state index in [9.17, 15) is 22.8 Å². The molecule has 0 saturated heterocycles. The molecule has 7 nitrogen and oxygen atoms in total. The molecule has 10 heteroatoms. The molecule has 3 aromatic carbocycles. The second-order valence-corrected chi connectivity index (χ2v) is 9.32. The fourth-order valence-electron chi connectivity index (χ4n) is 4.93. The normalized spacial score (nSPS) is 11.6. The molecule has 0 spiro atoms. The van der Waals surface area contributed by atoms with Gasteiger partial charge in [-0.3, -0.25) is 9.59 Å². The lowest BCUT2D eigenvalue weighted by atomic mass is 10.0. The molecule has 0 atom stereocenters. The molecule has 0 aliphatic carbocycles. The van der Waals surface area contributed by atoms with E-state index in [2.05, 4.69) is 5.32 Å². The maximum atomic E-state index is 14.2. The number of rotatable bonds is 6.